The number of aromatic nitrogens is 2. The second-order valence-corrected chi connectivity index (χ2v) is 9.05. The molecular weight excluding hydrogens is 438 g/mol. The molecule has 8 heteroatoms. The van der Waals surface area contributed by atoms with Crippen LogP contribution < -0.4 is 15.6 Å². The van der Waals surface area contributed by atoms with Crippen LogP contribution in [0.3, 0.4) is 0 Å². The van der Waals surface area contributed by atoms with Crippen molar-refractivity contribution in [3.63, 3.8) is 0 Å². The summed E-state index contributed by atoms with van der Waals surface area (Å²) in [6, 6.07) is 10.9. The predicted molar refractivity (Wildman–Crippen MR) is 128 cm³/mol. The molecule has 1 atom stereocenters. The van der Waals surface area contributed by atoms with E-state index in [9.17, 15) is 14.4 Å². The number of ether oxygens (including phenoxy) is 1. The number of aryl methyl sites for hydroxylation is 2. The van der Waals surface area contributed by atoms with Crippen molar-refractivity contribution in [1.82, 2.24) is 9.55 Å². The third-order valence-corrected chi connectivity index (χ3v) is 6.81. The molecule has 1 N–H and O–H groups in total. The molecule has 0 saturated carbocycles. The molecule has 0 radical (unpaired) electrons. The number of nitrogens with zero attached hydrogens (tertiary/aromatic N) is 2. The van der Waals surface area contributed by atoms with Crippen LogP contribution in [0, 0.1) is 13.8 Å². The number of carbonyl (C=O) groups excluding carboxylic acids is 2. The number of amides is 1. The lowest BCUT2D eigenvalue weighted by Gasteiger charge is -2.23. The molecule has 4 aromatic rings. The van der Waals surface area contributed by atoms with Gasteiger partial charge in [0.05, 0.1) is 23.9 Å². The van der Waals surface area contributed by atoms with Gasteiger partial charge in [-0.2, -0.15) is 0 Å². The highest BCUT2D eigenvalue weighted by atomic mass is 32.1. The van der Waals surface area contributed by atoms with Gasteiger partial charge in [-0.05, 0) is 55.7 Å². The summed E-state index contributed by atoms with van der Waals surface area (Å²) in [6.45, 7) is 5.58. The van der Waals surface area contributed by atoms with E-state index in [0.717, 1.165) is 16.7 Å². The van der Waals surface area contributed by atoms with Crippen molar-refractivity contribution in [1.29, 1.82) is 0 Å². The fourth-order valence-electron chi connectivity index (χ4n) is 3.83. The van der Waals surface area contributed by atoms with Crippen LogP contribution in [0.15, 0.2) is 52.9 Å². The number of thiophene rings is 1. The molecule has 3 heterocycles. The highest BCUT2D eigenvalue weighted by Gasteiger charge is 2.24. The number of nitrogens with one attached hydrogen (secondary N) is 1. The SMILES string of the molecule is Cc1ccc(-c2csc3ncn(CC(=O)c4ccc5c(c4)NC(=O)C(C)O5)c(=O)c23)cc1C. The number of benzene rings is 2. The zero-order valence-corrected chi connectivity index (χ0v) is 19.2. The number of rotatable bonds is 4. The van der Waals surface area contributed by atoms with Gasteiger partial charge in [0.2, 0.25) is 0 Å². The maximum absolute atomic E-state index is 13.3. The van der Waals surface area contributed by atoms with E-state index in [0.29, 0.717) is 27.2 Å². The van der Waals surface area contributed by atoms with E-state index in [-0.39, 0.29) is 23.8 Å². The normalized spacial score (nSPS) is 15.1. The molecule has 2 aromatic heterocycles. The first-order chi connectivity index (χ1) is 15.8. The number of hydrogen-bond donors (Lipinski definition) is 1. The Morgan fingerprint density at radius 3 is 2.76 bits per heavy atom. The molecule has 1 amide bonds. The van der Waals surface area contributed by atoms with E-state index < -0.39 is 6.10 Å². The molecule has 166 valence electrons. The highest BCUT2D eigenvalue weighted by Crippen LogP contribution is 2.32. The number of Topliss-reactive ketones (excluding diaryl/α,β-unsaturated/α-hetero) is 1. The third-order valence-electron chi connectivity index (χ3n) is 5.92. The minimum absolute atomic E-state index is 0.159. The molecular formula is C25H21N3O4S. The molecule has 33 heavy (non-hydrogen) atoms. The zero-order chi connectivity index (χ0) is 23.3. The Balaban J connectivity index is 1.49. The van der Waals surface area contributed by atoms with Crippen LogP contribution in [0.4, 0.5) is 5.69 Å². The van der Waals surface area contributed by atoms with Crippen LogP contribution in [0.1, 0.15) is 28.4 Å². The first-order valence-electron chi connectivity index (χ1n) is 10.5. The van der Waals surface area contributed by atoms with E-state index in [2.05, 4.69) is 16.4 Å². The summed E-state index contributed by atoms with van der Waals surface area (Å²) in [5.41, 5.74) is 4.65. The molecule has 2 aromatic carbocycles. The number of fused-ring (bicyclic) bond motifs is 2. The lowest BCUT2D eigenvalue weighted by atomic mass is 10.0. The summed E-state index contributed by atoms with van der Waals surface area (Å²) < 4.78 is 6.87. The van der Waals surface area contributed by atoms with E-state index >= 15 is 0 Å². The third kappa shape index (κ3) is 3.72. The summed E-state index contributed by atoms with van der Waals surface area (Å²) in [4.78, 5) is 43.2. The fourth-order valence-corrected chi connectivity index (χ4v) is 4.74. The molecule has 0 aliphatic carbocycles. The van der Waals surface area contributed by atoms with Gasteiger partial charge in [0.25, 0.3) is 11.5 Å². The molecule has 0 fully saturated rings. The van der Waals surface area contributed by atoms with Crippen LogP contribution in [0.2, 0.25) is 0 Å². The average Bonchev–Trinajstić information content (AvgIpc) is 3.23. The maximum atomic E-state index is 13.3. The Bertz CT molecular complexity index is 1500. The van der Waals surface area contributed by atoms with Crippen molar-refractivity contribution in [2.75, 3.05) is 5.32 Å². The largest absolute Gasteiger partial charge is 0.479 e. The molecule has 0 spiro atoms. The lowest BCUT2D eigenvalue weighted by Crippen LogP contribution is -2.34. The summed E-state index contributed by atoms with van der Waals surface area (Å²) in [5, 5.41) is 5.18. The Hall–Kier alpha value is -3.78. The fraction of sp³-hybridized carbons (Fsp3) is 0.200. The molecule has 1 unspecified atom stereocenters. The average molecular weight is 460 g/mol. The van der Waals surface area contributed by atoms with Crippen LogP contribution in [-0.4, -0.2) is 27.3 Å². The van der Waals surface area contributed by atoms with Gasteiger partial charge in [0.15, 0.2) is 11.9 Å². The molecule has 0 bridgehead atoms. The van der Waals surface area contributed by atoms with Gasteiger partial charge < -0.3 is 10.1 Å². The minimum Gasteiger partial charge on any atom is -0.479 e. The van der Waals surface area contributed by atoms with Gasteiger partial charge in [-0.25, -0.2) is 4.98 Å². The Morgan fingerprint density at radius 2 is 1.97 bits per heavy atom. The number of hydrogen-bond acceptors (Lipinski definition) is 6. The van der Waals surface area contributed by atoms with Crippen molar-refractivity contribution in [2.24, 2.45) is 0 Å². The monoisotopic (exact) mass is 459 g/mol. The summed E-state index contributed by atoms with van der Waals surface area (Å²) in [6.07, 6.45) is 0.821. The van der Waals surface area contributed by atoms with Crippen molar-refractivity contribution in [3.8, 4) is 16.9 Å². The second-order valence-electron chi connectivity index (χ2n) is 8.19. The van der Waals surface area contributed by atoms with Gasteiger partial charge in [-0.1, -0.05) is 18.2 Å². The van der Waals surface area contributed by atoms with Crippen LogP contribution in [-0.2, 0) is 11.3 Å². The molecule has 1 aliphatic rings. The van der Waals surface area contributed by atoms with E-state index in [1.54, 1.807) is 25.1 Å². The number of ketones is 1. The molecule has 1 aliphatic heterocycles. The summed E-state index contributed by atoms with van der Waals surface area (Å²) in [5.74, 6) is -0.0265. The van der Waals surface area contributed by atoms with Crippen LogP contribution >= 0.6 is 11.3 Å². The molecule has 5 rings (SSSR count). The van der Waals surface area contributed by atoms with Crippen LogP contribution in [0.5, 0.6) is 5.75 Å². The van der Waals surface area contributed by atoms with Crippen molar-refractivity contribution in [3.05, 3.63) is 75.1 Å². The van der Waals surface area contributed by atoms with Crippen molar-refractivity contribution < 1.29 is 14.3 Å². The maximum Gasteiger partial charge on any atom is 0.265 e. The Morgan fingerprint density at radius 1 is 1.15 bits per heavy atom. The molecule has 0 saturated heterocycles. The van der Waals surface area contributed by atoms with Gasteiger partial charge in [-0.15, -0.1) is 11.3 Å². The van der Waals surface area contributed by atoms with Gasteiger partial charge in [-0.3, -0.25) is 19.0 Å². The van der Waals surface area contributed by atoms with E-state index in [1.807, 2.05) is 31.4 Å². The highest BCUT2D eigenvalue weighted by molar-refractivity contribution is 7.17. The second kappa shape index (κ2) is 7.97. The van der Waals surface area contributed by atoms with Crippen LogP contribution in [0.25, 0.3) is 21.3 Å². The lowest BCUT2D eigenvalue weighted by molar-refractivity contribution is -0.122. The number of carbonyl (C=O) groups is 2. The smallest absolute Gasteiger partial charge is 0.265 e. The Labute approximate surface area is 193 Å². The van der Waals surface area contributed by atoms with Gasteiger partial charge >= 0.3 is 0 Å². The first-order valence-corrected chi connectivity index (χ1v) is 11.4. The van der Waals surface area contributed by atoms with E-state index in [1.165, 1.54) is 27.8 Å². The van der Waals surface area contributed by atoms with Crippen molar-refractivity contribution >= 4 is 38.9 Å². The predicted octanol–water partition coefficient (Wildman–Crippen LogP) is 4.34. The first kappa shape index (κ1) is 21.1. The number of anilines is 1. The zero-order valence-electron chi connectivity index (χ0n) is 18.3. The van der Waals surface area contributed by atoms with Gasteiger partial charge in [0.1, 0.15) is 10.6 Å². The van der Waals surface area contributed by atoms with Gasteiger partial charge in [0, 0.05) is 16.5 Å². The van der Waals surface area contributed by atoms with E-state index in [4.69, 9.17) is 4.74 Å². The summed E-state index contributed by atoms with van der Waals surface area (Å²) in [7, 11) is 0. The van der Waals surface area contributed by atoms with Crippen molar-refractivity contribution in [2.45, 2.75) is 33.4 Å². The summed E-state index contributed by atoms with van der Waals surface area (Å²) >= 11 is 1.41. The Kier molecular flexibility index (Phi) is 5.09. The molecule has 7 nitrogen and oxygen atoms in total. The standard InChI is InChI=1S/C25H21N3O4S/c1-13-4-5-16(8-14(13)2)18-11-33-24-22(18)25(31)28(12-26-24)10-20(29)17-6-7-21-19(9-17)27-23(30)15(3)32-21/h4-9,11-12,15H,10H2,1-3H3,(H,27,30). The minimum atomic E-state index is -0.590. The quantitative estimate of drug-likeness (QED) is 0.459. The topological polar surface area (TPSA) is 90.3 Å².